The molecule has 2 atom stereocenters. The van der Waals surface area contributed by atoms with Crippen LogP contribution in [0.1, 0.15) is 17.9 Å². The molecule has 1 aromatic carbocycles. The lowest BCUT2D eigenvalue weighted by atomic mass is 10.1. The van der Waals surface area contributed by atoms with Gasteiger partial charge in [-0.3, -0.25) is 10.1 Å². The number of sulfone groups is 1. The molecule has 1 fully saturated rings. The molecule has 1 aliphatic carbocycles. The molecule has 86 valence electrons. The van der Waals surface area contributed by atoms with Crippen molar-refractivity contribution in [3.05, 3.63) is 39.9 Å². The minimum atomic E-state index is -3.03. The highest BCUT2D eigenvalue weighted by Crippen LogP contribution is 2.46. The molecule has 2 rings (SSSR count). The van der Waals surface area contributed by atoms with Crippen LogP contribution in [0.15, 0.2) is 24.3 Å². The largest absolute Gasteiger partial charge is 0.269 e. The van der Waals surface area contributed by atoms with Crippen LogP contribution in [0, 0.1) is 10.1 Å². The Morgan fingerprint density at radius 2 is 2.12 bits per heavy atom. The van der Waals surface area contributed by atoms with E-state index < -0.39 is 14.8 Å². The fraction of sp³-hybridized carbons (Fsp3) is 0.400. The van der Waals surface area contributed by atoms with E-state index in [1.54, 1.807) is 12.1 Å². The summed E-state index contributed by atoms with van der Waals surface area (Å²) in [6.07, 6.45) is 1.77. The molecule has 0 aromatic heterocycles. The smallest absolute Gasteiger partial charge is 0.258 e. The van der Waals surface area contributed by atoms with Gasteiger partial charge in [0.25, 0.3) is 5.69 Å². The van der Waals surface area contributed by atoms with Crippen LogP contribution >= 0.6 is 0 Å². The highest BCUT2D eigenvalue weighted by atomic mass is 32.2. The number of nitro groups is 1. The van der Waals surface area contributed by atoms with Gasteiger partial charge in [-0.15, -0.1) is 0 Å². The van der Waals surface area contributed by atoms with Gasteiger partial charge in [0.1, 0.15) is 0 Å². The molecule has 1 aliphatic rings. The molecule has 0 amide bonds. The van der Waals surface area contributed by atoms with Crippen molar-refractivity contribution < 1.29 is 13.3 Å². The van der Waals surface area contributed by atoms with Crippen LogP contribution in [-0.2, 0) is 9.84 Å². The van der Waals surface area contributed by atoms with Gasteiger partial charge in [-0.25, -0.2) is 8.42 Å². The van der Waals surface area contributed by atoms with Crippen molar-refractivity contribution in [3.8, 4) is 0 Å². The van der Waals surface area contributed by atoms with Crippen molar-refractivity contribution >= 4 is 15.5 Å². The van der Waals surface area contributed by atoms with Gasteiger partial charge >= 0.3 is 0 Å². The average molecular weight is 241 g/mol. The first kappa shape index (κ1) is 11.1. The van der Waals surface area contributed by atoms with Crippen LogP contribution < -0.4 is 0 Å². The molecule has 0 unspecified atom stereocenters. The normalized spacial score (nSPS) is 24.1. The lowest BCUT2D eigenvalue weighted by Gasteiger charge is -1.99. The van der Waals surface area contributed by atoms with Crippen LogP contribution in [0.2, 0.25) is 0 Å². The summed E-state index contributed by atoms with van der Waals surface area (Å²) >= 11 is 0. The predicted octanol–water partition coefficient (Wildman–Crippen LogP) is 1.50. The molecule has 0 aliphatic heterocycles. The number of nitro benzene ring substituents is 1. The molecule has 16 heavy (non-hydrogen) atoms. The Hall–Kier alpha value is -1.43. The Morgan fingerprint density at radius 1 is 1.44 bits per heavy atom. The van der Waals surface area contributed by atoms with Gasteiger partial charge in [0.15, 0.2) is 9.84 Å². The van der Waals surface area contributed by atoms with Gasteiger partial charge in [0.05, 0.1) is 10.2 Å². The Bertz CT molecular complexity index is 538. The van der Waals surface area contributed by atoms with E-state index in [2.05, 4.69) is 0 Å². The summed E-state index contributed by atoms with van der Waals surface area (Å²) in [6, 6.07) is 6.19. The topological polar surface area (TPSA) is 77.3 Å². The molecule has 0 radical (unpaired) electrons. The third-order valence-electron chi connectivity index (χ3n) is 2.79. The molecule has 5 nitrogen and oxygen atoms in total. The zero-order chi connectivity index (χ0) is 11.9. The van der Waals surface area contributed by atoms with Crippen molar-refractivity contribution in [1.82, 2.24) is 0 Å². The zero-order valence-electron chi connectivity index (χ0n) is 8.66. The molecule has 1 aromatic rings. The van der Waals surface area contributed by atoms with E-state index in [4.69, 9.17) is 0 Å². The van der Waals surface area contributed by atoms with Crippen molar-refractivity contribution in [2.45, 2.75) is 17.6 Å². The van der Waals surface area contributed by atoms with Crippen LogP contribution in [-0.4, -0.2) is 24.8 Å². The van der Waals surface area contributed by atoms with E-state index in [-0.39, 0.29) is 16.9 Å². The van der Waals surface area contributed by atoms with Crippen LogP contribution in [0.4, 0.5) is 5.69 Å². The highest BCUT2D eigenvalue weighted by Gasteiger charge is 2.46. The first-order valence-corrected chi connectivity index (χ1v) is 6.78. The molecular formula is C10H11NO4S. The van der Waals surface area contributed by atoms with Gasteiger partial charge in [0.2, 0.25) is 0 Å². The predicted molar refractivity (Wildman–Crippen MR) is 59.1 cm³/mol. The number of nitrogens with zero attached hydrogens (tertiary/aromatic N) is 1. The molecule has 0 heterocycles. The summed E-state index contributed by atoms with van der Waals surface area (Å²) in [5.74, 6) is -0.0742. The Labute approximate surface area is 93.2 Å². The number of hydrogen-bond acceptors (Lipinski definition) is 4. The standard InChI is InChI=1S/C10H11NO4S/c1-16(14,15)10-6-9(10)7-3-2-4-8(5-7)11(12)13/h2-5,9-10H,6H2,1H3/t9-,10-/m0/s1. The minimum absolute atomic E-state index is 0.0108. The Balaban J connectivity index is 2.25. The summed E-state index contributed by atoms with van der Waals surface area (Å²) in [7, 11) is -3.03. The number of non-ortho nitro benzene ring substituents is 1. The van der Waals surface area contributed by atoms with Crippen LogP contribution in [0.5, 0.6) is 0 Å². The van der Waals surface area contributed by atoms with Crippen molar-refractivity contribution in [3.63, 3.8) is 0 Å². The second-order valence-electron chi connectivity index (χ2n) is 4.06. The summed E-state index contributed by atoms with van der Waals surface area (Å²) in [5.41, 5.74) is 0.751. The minimum Gasteiger partial charge on any atom is -0.258 e. The third-order valence-corrected chi connectivity index (χ3v) is 4.41. The van der Waals surface area contributed by atoms with E-state index in [1.165, 1.54) is 18.4 Å². The maximum atomic E-state index is 11.3. The monoisotopic (exact) mass is 241 g/mol. The number of benzene rings is 1. The summed E-state index contributed by atoms with van der Waals surface area (Å²) in [4.78, 5) is 10.1. The van der Waals surface area contributed by atoms with Crippen LogP contribution in [0.25, 0.3) is 0 Å². The lowest BCUT2D eigenvalue weighted by molar-refractivity contribution is -0.384. The average Bonchev–Trinajstić information content (AvgIpc) is 2.96. The van der Waals surface area contributed by atoms with E-state index >= 15 is 0 Å². The molecule has 0 bridgehead atoms. The van der Waals surface area contributed by atoms with Crippen LogP contribution in [0.3, 0.4) is 0 Å². The van der Waals surface area contributed by atoms with Gasteiger partial charge in [-0.2, -0.15) is 0 Å². The van der Waals surface area contributed by atoms with Gasteiger partial charge in [-0.05, 0) is 12.0 Å². The van der Waals surface area contributed by atoms with Gasteiger partial charge in [-0.1, -0.05) is 12.1 Å². The fourth-order valence-corrected chi connectivity index (χ4v) is 3.18. The summed E-state index contributed by atoms with van der Waals surface area (Å²) < 4.78 is 22.5. The Kier molecular flexibility index (Phi) is 2.46. The van der Waals surface area contributed by atoms with Crippen molar-refractivity contribution in [1.29, 1.82) is 0 Å². The summed E-state index contributed by atoms with van der Waals surface area (Å²) in [6.45, 7) is 0. The second kappa shape index (κ2) is 3.55. The van der Waals surface area contributed by atoms with E-state index in [0.717, 1.165) is 5.56 Å². The van der Waals surface area contributed by atoms with Gasteiger partial charge in [0, 0.05) is 24.3 Å². The second-order valence-corrected chi connectivity index (χ2v) is 6.33. The lowest BCUT2D eigenvalue weighted by Crippen LogP contribution is -2.05. The molecule has 0 saturated heterocycles. The molecule has 0 spiro atoms. The molecule has 6 heteroatoms. The molecule has 1 saturated carbocycles. The fourth-order valence-electron chi connectivity index (χ4n) is 1.86. The number of rotatable bonds is 3. The molecular weight excluding hydrogens is 230 g/mol. The maximum absolute atomic E-state index is 11.3. The van der Waals surface area contributed by atoms with Crippen molar-refractivity contribution in [2.24, 2.45) is 0 Å². The summed E-state index contributed by atoms with van der Waals surface area (Å²) in [5, 5.41) is 10.2. The zero-order valence-corrected chi connectivity index (χ0v) is 9.48. The number of hydrogen-bond donors (Lipinski definition) is 0. The van der Waals surface area contributed by atoms with Crippen molar-refractivity contribution in [2.75, 3.05) is 6.26 Å². The molecule has 0 N–H and O–H groups in total. The van der Waals surface area contributed by atoms with E-state index in [1.807, 2.05) is 0 Å². The first-order chi connectivity index (χ1) is 7.39. The Morgan fingerprint density at radius 3 is 2.62 bits per heavy atom. The highest BCUT2D eigenvalue weighted by molar-refractivity contribution is 7.91. The van der Waals surface area contributed by atoms with Gasteiger partial charge < -0.3 is 0 Å². The van der Waals surface area contributed by atoms with E-state index in [0.29, 0.717) is 6.42 Å². The third kappa shape index (κ3) is 2.06. The quantitative estimate of drug-likeness (QED) is 0.593. The SMILES string of the molecule is CS(=O)(=O)[C@H]1C[C@H]1c1cccc([N+](=O)[O-])c1. The maximum Gasteiger partial charge on any atom is 0.269 e. The first-order valence-electron chi connectivity index (χ1n) is 4.83. The van der Waals surface area contributed by atoms with E-state index in [9.17, 15) is 18.5 Å².